The summed E-state index contributed by atoms with van der Waals surface area (Å²) in [7, 11) is 0. The van der Waals surface area contributed by atoms with Crippen LogP contribution in [0.1, 0.15) is 13.3 Å². The number of nitrogens with one attached hydrogen (secondary N) is 1. The standard InChI is InChI=1S/C11H16BrFN2S/c1-7(16-2)3-4-15-11-6-9(13)8(12)5-10(11)14/h5-7,15H,3-4,14H2,1-2H3. The molecule has 0 fully saturated rings. The molecule has 1 atom stereocenters. The summed E-state index contributed by atoms with van der Waals surface area (Å²) >= 11 is 4.91. The van der Waals surface area contributed by atoms with Crippen LogP contribution in [0.4, 0.5) is 15.8 Å². The average Bonchev–Trinajstić information content (AvgIpc) is 2.25. The van der Waals surface area contributed by atoms with Crippen molar-refractivity contribution in [3.05, 3.63) is 22.4 Å². The van der Waals surface area contributed by atoms with E-state index in [1.807, 2.05) is 11.8 Å². The summed E-state index contributed by atoms with van der Waals surface area (Å²) in [4.78, 5) is 0. The zero-order chi connectivity index (χ0) is 12.1. The van der Waals surface area contributed by atoms with Gasteiger partial charge in [0.1, 0.15) is 5.82 Å². The second-order valence-electron chi connectivity index (χ2n) is 3.62. The molecular formula is C11H16BrFN2S. The molecule has 1 aromatic rings. The third kappa shape index (κ3) is 3.87. The molecule has 90 valence electrons. The lowest BCUT2D eigenvalue weighted by atomic mass is 10.2. The summed E-state index contributed by atoms with van der Waals surface area (Å²) in [6.07, 6.45) is 3.11. The first kappa shape index (κ1) is 13.6. The molecule has 0 aliphatic carbocycles. The van der Waals surface area contributed by atoms with Crippen LogP contribution in [0.25, 0.3) is 0 Å². The van der Waals surface area contributed by atoms with Crippen LogP contribution in [0, 0.1) is 5.82 Å². The summed E-state index contributed by atoms with van der Waals surface area (Å²) in [6.45, 7) is 2.96. The first-order valence-corrected chi connectivity index (χ1v) is 7.14. The van der Waals surface area contributed by atoms with Gasteiger partial charge in [-0.15, -0.1) is 0 Å². The number of halogens is 2. The maximum Gasteiger partial charge on any atom is 0.139 e. The van der Waals surface area contributed by atoms with E-state index < -0.39 is 0 Å². The van der Waals surface area contributed by atoms with Crippen molar-refractivity contribution in [2.24, 2.45) is 0 Å². The highest BCUT2D eigenvalue weighted by Gasteiger charge is 2.06. The molecule has 0 saturated heterocycles. The maximum absolute atomic E-state index is 13.3. The smallest absolute Gasteiger partial charge is 0.139 e. The fourth-order valence-corrected chi connectivity index (χ4v) is 1.96. The summed E-state index contributed by atoms with van der Waals surface area (Å²) < 4.78 is 13.7. The van der Waals surface area contributed by atoms with Gasteiger partial charge in [0.15, 0.2) is 0 Å². The van der Waals surface area contributed by atoms with Gasteiger partial charge in [0.05, 0.1) is 15.8 Å². The largest absolute Gasteiger partial charge is 0.397 e. The minimum atomic E-state index is -0.297. The molecule has 0 bridgehead atoms. The van der Waals surface area contributed by atoms with Crippen LogP contribution >= 0.6 is 27.7 Å². The molecule has 16 heavy (non-hydrogen) atoms. The van der Waals surface area contributed by atoms with Crippen molar-refractivity contribution in [2.75, 3.05) is 23.9 Å². The Morgan fingerprint density at radius 1 is 1.56 bits per heavy atom. The van der Waals surface area contributed by atoms with Crippen molar-refractivity contribution in [1.82, 2.24) is 0 Å². The van der Waals surface area contributed by atoms with Crippen LogP contribution in [0.3, 0.4) is 0 Å². The van der Waals surface area contributed by atoms with Gasteiger partial charge in [0.2, 0.25) is 0 Å². The molecule has 3 N–H and O–H groups in total. The molecular weight excluding hydrogens is 291 g/mol. The predicted molar refractivity (Wildman–Crippen MR) is 74.6 cm³/mol. The number of hydrogen-bond donors (Lipinski definition) is 2. The quantitative estimate of drug-likeness (QED) is 0.814. The van der Waals surface area contributed by atoms with E-state index in [-0.39, 0.29) is 5.82 Å². The fourth-order valence-electron chi connectivity index (χ4n) is 1.24. The lowest BCUT2D eigenvalue weighted by molar-refractivity contribution is 0.621. The van der Waals surface area contributed by atoms with Gasteiger partial charge in [-0.2, -0.15) is 11.8 Å². The number of hydrogen-bond acceptors (Lipinski definition) is 3. The molecule has 5 heteroatoms. The number of anilines is 2. The highest BCUT2D eigenvalue weighted by Crippen LogP contribution is 2.26. The van der Waals surface area contributed by atoms with Gasteiger partial charge < -0.3 is 11.1 Å². The second kappa shape index (κ2) is 6.35. The van der Waals surface area contributed by atoms with E-state index in [0.29, 0.717) is 21.1 Å². The Balaban J connectivity index is 2.57. The maximum atomic E-state index is 13.3. The topological polar surface area (TPSA) is 38.0 Å². The zero-order valence-corrected chi connectivity index (χ0v) is 11.8. The summed E-state index contributed by atoms with van der Waals surface area (Å²) in [5.74, 6) is -0.297. The number of rotatable bonds is 5. The first-order valence-electron chi connectivity index (χ1n) is 5.05. The summed E-state index contributed by atoms with van der Waals surface area (Å²) in [5.41, 5.74) is 7.00. The zero-order valence-electron chi connectivity index (χ0n) is 9.39. The fraction of sp³-hybridized carbons (Fsp3) is 0.455. The Labute approximate surface area is 108 Å². The Morgan fingerprint density at radius 2 is 2.25 bits per heavy atom. The molecule has 0 aromatic heterocycles. The van der Waals surface area contributed by atoms with Crippen LogP contribution in [0.15, 0.2) is 16.6 Å². The van der Waals surface area contributed by atoms with Crippen LogP contribution in [0.5, 0.6) is 0 Å². The second-order valence-corrected chi connectivity index (χ2v) is 5.75. The minimum Gasteiger partial charge on any atom is -0.397 e. The summed E-state index contributed by atoms with van der Waals surface area (Å²) in [6, 6.07) is 3.00. The van der Waals surface area contributed by atoms with Gasteiger partial charge in [-0.05, 0) is 34.7 Å². The van der Waals surface area contributed by atoms with E-state index in [1.54, 1.807) is 6.07 Å². The molecule has 0 spiro atoms. The number of nitrogen functional groups attached to an aromatic ring is 1. The molecule has 1 unspecified atom stereocenters. The number of benzene rings is 1. The van der Waals surface area contributed by atoms with Crippen molar-refractivity contribution in [3.8, 4) is 0 Å². The van der Waals surface area contributed by atoms with Gasteiger partial charge in [-0.3, -0.25) is 0 Å². The Hall–Kier alpha value is -0.420. The predicted octanol–water partition coefficient (Wildman–Crippen LogP) is 3.72. The molecule has 2 nitrogen and oxygen atoms in total. The van der Waals surface area contributed by atoms with E-state index in [9.17, 15) is 4.39 Å². The van der Waals surface area contributed by atoms with Crippen LogP contribution < -0.4 is 11.1 Å². The van der Waals surface area contributed by atoms with E-state index in [4.69, 9.17) is 5.73 Å². The lowest BCUT2D eigenvalue weighted by Crippen LogP contribution is -2.09. The molecule has 0 amide bonds. The monoisotopic (exact) mass is 306 g/mol. The Kier molecular flexibility index (Phi) is 5.41. The van der Waals surface area contributed by atoms with E-state index >= 15 is 0 Å². The summed E-state index contributed by atoms with van der Waals surface area (Å²) in [5, 5.41) is 3.74. The van der Waals surface area contributed by atoms with Gasteiger partial charge in [-0.1, -0.05) is 6.92 Å². The van der Waals surface area contributed by atoms with Crippen molar-refractivity contribution >= 4 is 39.1 Å². The Bertz CT molecular complexity index is 360. The van der Waals surface area contributed by atoms with Crippen LogP contribution in [0.2, 0.25) is 0 Å². The number of thioether (sulfide) groups is 1. The van der Waals surface area contributed by atoms with E-state index in [2.05, 4.69) is 34.4 Å². The van der Waals surface area contributed by atoms with E-state index in [0.717, 1.165) is 13.0 Å². The minimum absolute atomic E-state index is 0.297. The van der Waals surface area contributed by atoms with Gasteiger partial charge in [-0.25, -0.2) is 4.39 Å². The van der Waals surface area contributed by atoms with Crippen molar-refractivity contribution < 1.29 is 4.39 Å². The third-order valence-corrected chi connectivity index (χ3v) is 4.01. The normalized spacial score (nSPS) is 12.5. The SMILES string of the molecule is CSC(C)CCNc1cc(F)c(Br)cc1N. The Morgan fingerprint density at radius 3 is 2.88 bits per heavy atom. The molecule has 0 radical (unpaired) electrons. The molecule has 0 saturated carbocycles. The molecule has 0 heterocycles. The van der Waals surface area contributed by atoms with Gasteiger partial charge >= 0.3 is 0 Å². The van der Waals surface area contributed by atoms with Crippen LogP contribution in [-0.2, 0) is 0 Å². The van der Waals surface area contributed by atoms with Crippen molar-refractivity contribution in [3.63, 3.8) is 0 Å². The highest BCUT2D eigenvalue weighted by atomic mass is 79.9. The molecule has 1 aromatic carbocycles. The van der Waals surface area contributed by atoms with Crippen LogP contribution in [-0.4, -0.2) is 18.1 Å². The number of nitrogens with two attached hydrogens (primary N) is 1. The van der Waals surface area contributed by atoms with Crippen molar-refractivity contribution in [2.45, 2.75) is 18.6 Å². The van der Waals surface area contributed by atoms with Crippen molar-refractivity contribution in [1.29, 1.82) is 0 Å². The van der Waals surface area contributed by atoms with E-state index in [1.165, 1.54) is 6.07 Å². The lowest BCUT2D eigenvalue weighted by Gasteiger charge is -2.12. The highest BCUT2D eigenvalue weighted by molar-refractivity contribution is 9.10. The molecule has 1 rings (SSSR count). The van der Waals surface area contributed by atoms with Gasteiger partial charge in [0, 0.05) is 17.9 Å². The third-order valence-electron chi connectivity index (χ3n) is 2.36. The molecule has 0 aliphatic heterocycles. The molecule has 0 aliphatic rings. The van der Waals surface area contributed by atoms with Gasteiger partial charge in [0.25, 0.3) is 0 Å². The average molecular weight is 307 g/mol. The first-order chi connectivity index (χ1) is 7.54.